The van der Waals surface area contributed by atoms with Crippen molar-refractivity contribution in [2.45, 2.75) is 44.8 Å². The Bertz CT molecular complexity index is 1560. The molecule has 0 saturated heterocycles. The summed E-state index contributed by atoms with van der Waals surface area (Å²) < 4.78 is 12.5. The lowest BCUT2D eigenvalue weighted by atomic mass is 9.82. The van der Waals surface area contributed by atoms with E-state index in [4.69, 9.17) is 9.47 Å². The Balaban J connectivity index is 1.71. The molecule has 0 saturated carbocycles. The van der Waals surface area contributed by atoms with E-state index in [1.165, 1.54) is 22.7 Å². The molecule has 3 aromatic rings. The maximum absolute atomic E-state index is 14.0. The van der Waals surface area contributed by atoms with Crippen LogP contribution >= 0.6 is 0 Å². The number of allylic oxidation sites excluding steroid dienone is 1. The van der Waals surface area contributed by atoms with Gasteiger partial charge in [0, 0.05) is 36.0 Å². The van der Waals surface area contributed by atoms with Crippen molar-refractivity contribution in [3.05, 3.63) is 95.2 Å². The summed E-state index contributed by atoms with van der Waals surface area (Å²) >= 11 is 0. The number of hydrogen-bond acceptors (Lipinski definition) is 6. The number of ketones is 1. The zero-order valence-corrected chi connectivity index (χ0v) is 22.4. The number of fused-ring (bicyclic) bond motifs is 2. The van der Waals surface area contributed by atoms with Crippen molar-refractivity contribution in [3.8, 4) is 0 Å². The highest BCUT2D eigenvalue weighted by molar-refractivity contribution is 6.03. The highest BCUT2D eigenvalue weighted by Gasteiger charge is 2.51. The predicted octanol–water partition coefficient (Wildman–Crippen LogP) is 4.86. The van der Waals surface area contributed by atoms with Gasteiger partial charge in [0.1, 0.15) is 5.60 Å². The number of rotatable bonds is 4. The van der Waals surface area contributed by atoms with Crippen LogP contribution in [-0.4, -0.2) is 58.0 Å². The number of esters is 1. The third-order valence-corrected chi connectivity index (χ3v) is 6.95. The number of benzene rings is 2. The molecule has 5 rings (SSSR count). The number of ether oxygens (including phenoxy) is 2. The molecule has 1 aliphatic carbocycles. The van der Waals surface area contributed by atoms with Gasteiger partial charge in [-0.1, -0.05) is 36.4 Å². The van der Waals surface area contributed by atoms with Crippen LogP contribution in [0.1, 0.15) is 43.2 Å². The van der Waals surface area contributed by atoms with Gasteiger partial charge in [-0.25, -0.2) is 14.2 Å². The van der Waals surface area contributed by atoms with E-state index >= 15 is 0 Å². The molecule has 1 unspecified atom stereocenters. The van der Waals surface area contributed by atoms with Gasteiger partial charge in [-0.2, -0.15) is 0 Å². The summed E-state index contributed by atoms with van der Waals surface area (Å²) in [7, 11) is 1.27. The molecule has 2 heterocycles. The van der Waals surface area contributed by atoms with Crippen LogP contribution in [0.2, 0.25) is 0 Å². The monoisotopic (exact) mass is 526 g/mol. The van der Waals surface area contributed by atoms with Gasteiger partial charge in [0.05, 0.1) is 12.6 Å². The number of methoxy groups -OCH3 is 1. The number of amides is 1. The van der Waals surface area contributed by atoms with Gasteiger partial charge in [-0.15, -0.1) is 0 Å². The Morgan fingerprint density at radius 2 is 1.67 bits per heavy atom. The first-order valence-corrected chi connectivity index (χ1v) is 12.8. The Hall–Kier alpha value is -4.46. The van der Waals surface area contributed by atoms with Crippen LogP contribution in [0, 0.1) is 0 Å². The molecule has 200 valence electrons. The molecule has 1 amide bonds. The van der Waals surface area contributed by atoms with E-state index in [0.717, 1.165) is 5.39 Å². The number of carbonyl (C=O) groups excluding carboxylic acids is 4. The summed E-state index contributed by atoms with van der Waals surface area (Å²) in [4.78, 5) is 55.0. The summed E-state index contributed by atoms with van der Waals surface area (Å²) in [5.41, 5.74) is 0.469. The summed E-state index contributed by atoms with van der Waals surface area (Å²) in [6.07, 6.45) is 2.65. The van der Waals surface area contributed by atoms with Gasteiger partial charge in [0.25, 0.3) is 5.91 Å². The summed E-state index contributed by atoms with van der Waals surface area (Å²) in [6.45, 7) is 5.39. The van der Waals surface area contributed by atoms with Crippen LogP contribution in [0.15, 0.2) is 84.0 Å². The molecule has 0 bridgehead atoms. The minimum absolute atomic E-state index is 0.0487. The van der Waals surface area contributed by atoms with Crippen molar-refractivity contribution in [1.82, 2.24) is 9.47 Å². The van der Waals surface area contributed by atoms with E-state index in [-0.39, 0.29) is 25.2 Å². The molecular weight excluding hydrogens is 496 g/mol. The lowest BCUT2D eigenvalue weighted by Gasteiger charge is -2.43. The second-order valence-electron chi connectivity index (χ2n) is 10.8. The molecule has 1 atom stereocenters. The van der Waals surface area contributed by atoms with Crippen LogP contribution in [0.5, 0.6) is 0 Å². The molecular formula is C31H30N2O6. The standard InChI is InChI=1S/C31H30N2O6/c1-30(2,3)39-29(37)33-24(14-21-12-8-9-13-26(21)33)18-31(28(36)38-4)17-22-15-25(34)16-23(22)19-32(31)27(35)20-10-6-5-7-11-20/h5-14,16-17H,15,18-19H2,1-4H3. The van der Waals surface area contributed by atoms with Crippen molar-refractivity contribution in [1.29, 1.82) is 0 Å². The van der Waals surface area contributed by atoms with E-state index in [1.807, 2.05) is 24.3 Å². The summed E-state index contributed by atoms with van der Waals surface area (Å²) in [5.74, 6) is -1.15. The SMILES string of the molecule is COC(=O)C1(Cc2cc3ccccc3n2C(=O)OC(C)(C)C)C=C2CC(=O)C=C2CN1C(=O)c1ccccc1. The van der Waals surface area contributed by atoms with Gasteiger partial charge in [-0.3, -0.25) is 9.59 Å². The van der Waals surface area contributed by atoms with Crippen molar-refractivity contribution in [3.63, 3.8) is 0 Å². The zero-order chi connectivity index (χ0) is 27.9. The molecule has 0 spiro atoms. The summed E-state index contributed by atoms with van der Waals surface area (Å²) in [5, 5.41) is 0.777. The Morgan fingerprint density at radius 3 is 2.36 bits per heavy atom. The van der Waals surface area contributed by atoms with E-state index in [0.29, 0.717) is 27.9 Å². The van der Waals surface area contributed by atoms with Gasteiger partial charge in [0.15, 0.2) is 11.3 Å². The fourth-order valence-corrected chi connectivity index (χ4v) is 5.30. The number of aromatic nitrogens is 1. The second-order valence-corrected chi connectivity index (χ2v) is 10.8. The summed E-state index contributed by atoms with van der Waals surface area (Å²) in [6, 6.07) is 17.8. The average Bonchev–Trinajstić information content (AvgIpc) is 3.44. The molecule has 8 nitrogen and oxygen atoms in total. The van der Waals surface area contributed by atoms with Gasteiger partial charge in [0.2, 0.25) is 0 Å². The van der Waals surface area contributed by atoms with Gasteiger partial charge < -0.3 is 14.4 Å². The van der Waals surface area contributed by atoms with Gasteiger partial charge >= 0.3 is 12.1 Å². The quantitative estimate of drug-likeness (QED) is 0.451. The molecule has 2 aliphatic rings. The first kappa shape index (κ1) is 26.2. The van der Waals surface area contributed by atoms with E-state index in [1.54, 1.807) is 63.2 Å². The van der Waals surface area contributed by atoms with Crippen LogP contribution in [-0.2, 0) is 25.5 Å². The van der Waals surface area contributed by atoms with Crippen LogP contribution in [0.3, 0.4) is 0 Å². The molecule has 1 aliphatic heterocycles. The van der Waals surface area contributed by atoms with Crippen molar-refractivity contribution >= 4 is 34.7 Å². The van der Waals surface area contributed by atoms with Gasteiger partial charge in [-0.05, 0) is 68.3 Å². The topological polar surface area (TPSA) is 94.9 Å². The molecule has 2 aromatic carbocycles. The maximum Gasteiger partial charge on any atom is 0.419 e. The fourth-order valence-electron chi connectivity index (χ4n) is 5.30. The Kier molecular flexibility index (Phi) is 6.50. The number of hydrogen-bond donors (Lipinski definition) is 0. The maximum atomic E-state index is 14.0. The second kappa shape index (κ2) is 9.69. The number of nitrogens with zero attached hydrogens (tertiary/aromatic N) is 2. The fraction of sp³-hybridized carbons (Fsp3) is 0.290. The molecule has 1 aromatic heterocycles. The van der Waals surface area contributed by atoms with E-state index < -0.39 is 29.1 Å². The van der Waals surface area contributed by atoms with E-state index in [9.17, 15) is 19.2 Å². The zero-order valence-electron chi connectivity index (χ0n) is 22.4. The number of carbonyl (C=O) groups is 4. The molecule has 0 N–H and O–H groups in total. The highest BCUT2D eigenvalue weighted by atomic mass is 16.6. The smallest absolute Gasteiger partial charge is 0.419 e. The normalized spacial score (nSPS) is 18.9. The Labute approximate surface area is 226 Å². The third kappa shape index (κ3) is 4.78. The van der Waals surface area contributed by atoms with Crippen molar-refractivity contribution in [2.24, 2.45) is 0 Å². The van der Waals surface area contributed by atoms with Crippen LogP contribution < -0.4 is 0 Å². The lowest BCUT2D eigenvalue weighted by Crippen LogP contribution is -2.60. The van der Waals surface area contributed by atoms with Crippen molar-refractivity contribution in [2.75, 3.05) is 13.7 Å². The van der Waals surface area contributed by atoms with Crippen LogP contribution in [0.25, 0.3) is 10.9 Å². The Morgan fingerprint density at radius 1 is 0.974 bits per heavy atom. The van der Waals surface area contributed by atoms with Crippen LogP contribution in [0.4, 0.5) is 4.79 Å². The molecule has 0 fully saturated rings. The molecule has 39 heavy (non-hydrogen) atoms. The highest BCUT2D eigenvalue weighted by Crippen LogP contribution is 2.39. The minimum Gasteiger partial charge on any atom is -0.467 e. The number of para-hydroxylation sites is 1. The van der Waals surface area contributed by atoms with E-state index in [2.05, 4.69) is 0 Å². The molecule has 8 heteroatoms. The minimum atomic E-state index is -1.62. The predicted molar refractivity (Wildman–Crippen MR) is 145 cm³/mol. The van der Waals surface area contributed by atoms with Crippen molar-refractivity contribution < 1.29 is 28.7 Å². The third-order valence-electron chi connectivity index (χ3n) is 6.95. The average molecular weight is 527 g/mol. The first-order valence-electron chi connectivity index (χ1n) is 12.8. The lowest BCUT2D eigenvalue weighted by molar-refractivity contribution is -0.150. The molecule has 0 radical (unpaired) electrons. The first-order chi connectivity index (χ1) is 18.5. The largest absolute Gasteiger partial charge is 0.467 e.